The van der Waals surface area contributed by atoms with Crippen LogP contribution in [0.4, 0.5) is 5.69 Å². The third-order valence-corrected chi connectivity index (χ3v) is 5.23. The van der Waals surface area contributed by atoms with Gasteiger partial charge in [0.2, 0.25) is 0 Å². The van der Waals surface area contributed by atoms with Crippen LogP contribution in [0, 0.1) is 0 Å². The number of piperazine rings is 1. The molecule has 0 amide bonds. The lowest BCUT2D eigenvalue weighted by molar-refractivity contribution is -0.170. The summed E-state index contributed by atoms with van der Waals surface area (Å²) in [5.41, 5.74) is 3.35. The standard InChI is InChI=1S/C23H24N2O2/c1-27-21-14-12-20(13-15-21)24-16-22(18-8-4-2-5-9-18)25(26)23(17-24)19-10-6-3-7-11-19/h2-15,22-23,26H,16-17H2,1H3/t22-,23+. The van der Waals surface area contributed by atoms with E-state index in [-0.39, 0.29) is 12.1 Å². The van der Waals surface area contributed by atoms with Crippen LogP contribution in [0.2, 0.25) is 0 Å². The minimum absolute atomic E-state index is 0.104. The molecular formula is C23H24N2O2. The average Bonchev–Trinajstić information content (AvgIpc) is 2.75. The van der Waals surface area contributed by atoms with E-state index in [9.17, 15) is 5.21 Å². The molecule has 4 heteroatoms. The van der Waals surface area contributed by atoms with Crippen molar-refractivity contribution in [1.29, 1.82) is 0 Å². The Kier molecular flexibility index (Phi) is 5.10. The zero-order valence-electron chi connectivity index (χ0n) is 15.4. The molecule has 0 aliphatic carbocycles. The van der Waals surface area contributed by atoms with Gasteiger partial charge in [-0.1, -0.05) is 60.7 Å². The van der Waals surface area contributed by atoms with E-state index in [1.165, 1.54) is 5.06 Å². The van der Waals surface area contributed by atoms with Crippen LogP contribution in [0.1, 0.15) is 23.2 Å². The van der Waals surface area contributed by atoms with Crippen LogP contribution < -0.4 is 9.64 Å². The van der Waals surface area contributed by atoms with Crippen molar-refractivity contribution >= 4 is 5.69 Å². The second-order valence-electron chi connectivity index (χ2n) is 6.84. The monoisotopic (exact) mass is 360 g/mol. The summed E-state index contributed by atoms with van der Waals surface area (Å²) in [6, 6.07) is 28.3. The summed E-state index contributed by atoms with van der Waals surface area (Å²) in [5.74, 6) is 0.846. The predicted molar refractivity (Wildman–Crippen MR) is 107 cm³/mol. The molecule has 3 aromatic carbocycles. The van der Waals surface area contributed by atoms with Crippen LogP contribution in [0.3, 0.4) is 0 Å². The molecule has 3 aromatic rings. The van der Waals surface area contributed by atoms with Crippen molar-refractivity contribution in [1.82, 2.24) is 5.06 Å². The zero-order valence-corrected chi connectivity index (χ0v) is 15.4. The van der Waals surface area contributed by atoms with Crippen LogP contribution in [-0.2, 0) is 0 Å². The molecule has 0 aromatic heterocycles. The van der Waals surface area contributed by atoms with Crippen molar-refractivity contribution in [3.05, 3.63) is 96.1 Å². The second-order valence-corrected chi connectivity index (χ2v) is 6.84. The Labute approximate surface area is 160 Å². The lowest BCUT2D eigenvalue weighted by atomic mass is 9.96. The van der Waals surface area contributed by atoms with E-state index in [4.69, 9.17) is 4.74 Å². The fraction of sp³-hybridized carbons (Fsp3) is 0.217. The summed E-state index contributed by atoms with van der Waals surface area (Å²) >= 11 is 0. The van der Waals surface area contributed by atoms with Gasteiger partial charge in [0, 0.05) is 18.8 Å². The van der Waals surface area contributed by atoms with Gasteiger partial charge in [0.1, 0.15) is 5.75 Å². The van der Waals surface area contributed by atoms with Gasteiger partial charge in [0.15, 0.2) is 0 Å². The molecule has 0 spiro atoms. The van der Waals surface area contributed by atoms with Gasteiger partial charge in [0.25, 0.3) is 0 Å². The first-order valence-electron chi connectivity index (χ1n) is 9.22. The minimum Gasteiger partial charge on any atom is -0.497 e. The highest BCUT2D eigenvalue weighted by molar-refractivity contribution is 5.50. The third-order valence-electron chi connectivity index (χ3n) is 5.23. The minimum atomic E-state index is -0.104. The Morgan fingerprint density at radius 2 is 1.22 bits per heavy atom. The molecule has 4 nitrogen and oxygen atoms in total. The van der Waals surface area contributed by atoms with Gasteiger partial charge in [-0.3, -0.25) is 0 Å². The molecule has 138 valence electrons. The predicted octanol–water partition coefficient (Wildman–Crippen LogP) is 4.69. The molecule has 2 atom stereocenters. The van der Waals surface area contributed by atoms with Gasteiger partial charge >= 0.3 is 0 Å². The number of nitrogens with zero attached hydrogens (tertiary/aromatic N) is 2. The molecule has 1 heterocycles. The molecule has 1 saturated heterocycles. The van der Waals surface area contributed by atoms with Crippen LogP contribution in [0.5, 0.6) is 5.75 Å². The number of hydroxylamine groups is 2. The lowest BCUT2D eigenvalue weighted by Gasteiger charge is -2.44. The molecule has 4 rings (SSSR count). The number of methoxy groups -OCH3 is 1. The van der Waals surface area contributed by atoms with Crippen molar-refractivity contribution in [3.8, 4) is 5.75 Å². The van der Waals surface area contributed by atoms with Gasteiger partial charge in [-0.25, -0.2) is 0 Å². The maximum absolute atomic E-state index is 11.1. The fourth-order valence-electron chi connectivity index (χ4n) is 3.75. The molecule has 27 heavy (non-hydrogen) atoms. The first-order chi connectivity index (χ1) is 13.3. The first-order valence-corrected chi connectivity index (χ1v) is 9.22. The highest BCUT2D eigenvalue weighted by Crippen LogP contribution is 2.37. The SMILES string of the molecule is COc1ccc(N2C[C@H](c3ccccc3)N(O)[C@H](c3ccccc3)C2)cc1. The van der Waals surface area contributed by atoms with E-state index in [1.54, 1.807) is 7.11 Å². The van der Waals surface area contributed by atoms with Crippen molar-refractivity contribution in [2.24, 2.45) is 0 Å². The molecule has 0 bridgehead atoms. The number of ether oxygens (including phenoxy) is 1. The van der Waals surface area contributed by atoms with E-state index < -0.39 is 0 Å². The van der Waals surface area contributed by atoms with Crippen LogP contribution in [0.25, 0.3) is 0 Å². The molecule has 0 radical (unpaired) electrons. The van der Waals surface area contributed by atoms with Gasteiger partial charge in [0.05, 0.1) is 19.2 Å². The van der Waals surface area contributed by atoms with Gasteiger partial charge in [-0.05, 0) is 35.4 Å². The Bertz CT molecular complexity index is 803. The molecule has 1 N–H and O–H groups in total. The summed E-state index contributed by atoms with van der Waals surface area (Å²) in [7, 11) is 1.68. The van der Waals surface area contributed by atoms with E-state index in [1.807, 2.05) is 48.5 Å². The lowest BCUT2D eigenvalue weighted by Crippen LogP contribution is -2.49. The summed E-state index contributed by atoms with van der Waals surface area (Å²) in [4.78, 5) is 2.33. The number of benzene rings is 3. The van der Waals surface area contributed by atoms with Gasteiger partial charge in [-0.15, -0.1) is 0 Å². The highest BCUT2D eigenvalue weighted by atomic mass is 16.5. The van der Waals surface area contributed by atoms with Crippen molar-refractivity contribution in [3.63, 3.8) is 0 Å². The summed E-state index contributed by atoms with van der Waals surface area (Å²) in [6.45, 7) is 1.44. The van der Waals surface area contributed by atoms with Crippen molar-refractivity contribution in [2.45, 2.75) is 12.1 Å². The topological polar surface area (TPSA) is 35.9 Å². The summed E-state index contributed by atoms with van der Waals surface area (Å²) < 4.78 is 5.29. The van der Waals surface area contributed by atoms with Crippen molar-refractivity contribution in [2.75, 3.05) is 25.1 Å². The van der Waals surface area contributed by atoms with Crippen LogP contribution in [-0.4, -0.2) is 30.5 Å². The molecule has 1 fully saturated rings. The van der Waals surface area contributed by atoms with E-state index in [0.717, 1.165) is 35.7 Å². The Morgan fingerprint density at radius 3 is 1.67 bits per heavy atom. The highest BCUT2D eigenvalue weighted by Gasteiger charge is 2.35. The molecular weight excluding hydrogens is 336 g/mol. The van der Waals surface area contributed by atoms with E-state index in [0.29, 0.717) is 0 Å². The van der Waals surface area contributed by atoms with Crippen LogP contribution in [0.15, 0.2) is 84.9 Å². The van der Waals surface area contributed by atoms with Gasteiger partial charge in [-0.2, -0.15) is 5.06 Å². The summed E-state index contributed by atoms with van der Waals surface area (Å²) in [5, 5.41) is 12.6. The maximum Gasteiger partial charge on any atom is 0.119 e. The number of hydrogen-bond acceptors (Lipinski definition) is 4. The third kappa shape index (κ3) is 3.68. The Balaban J connectivity index is 1.69. The van der Waals surface area contributed by atoms with Crippen LogP contribution >= 0.6 is 0 Å². The van der Waals surface area contributed by atoms with E-state index >= 15 is 0 Å². The number of anilines is 1. The number of hydrogen-bond donors (Lipinski definition) is 1. The zero-order chi connectivity index (χ0) is 18.6. The second kappa shape index (κ2) is 7.82. The van der Waals surface area contributed by atoms with Gasteiger partial charge < -0.3 is 14.8 Å². The fourth-order valence-corrected chi connectivity index (χ4v) is 3.75. The first kappa shape index (κ1) is 17.6. The smallest absolute Gasteiger partial charge is 0.119 e. The summed E-state index contributed by atoms with van der Waals surface area (Å²) in [6.07, 6.45) is 0. The molecule has 0 unspecified atom stereocenters. The molecule has 1 aliphatic heterocycles. The largest absolute Gasteiger partial charge is 0.497 e. The number of rotatable bonds is 4. The molecule has 1 aliphatic rings. The van der Waals surface area contributed by atoms with Crippen molar-refractivity contribution < 1.29 is 9.94 Å². The Hall–Kier alpha value is -2.82. The maximum atomic E-state index is 11.1. The quantitative estimate of drug-likeness (QED) is 0.732. The Morgan fingerprint density at radius 1 is 0.741 bits per heavy atom. The van der Waals surface area contributed by atoms with E-state index in [2.05, 4.69) is 41.3 Å². The normalized spacial score (nSPS) is 20.4. The molecule has 0 saturated carbocycles. The average molecular weight is 360 g/mol.